The van der Waals surface area contributed by atoms with E-state index < -0.39 is 24.3 Å². The van der Waals surface area contributed by atoms with Crippen LogP contribution in [0.1, 0.15) is 67.3 Å². The Balaban J connectivity index is 0.000000207. The Morgan fingerprint density at radius 1 is 0.829 bits per heavy atom. The summed E-state index contributed by atoms with van der Waals surface area (Å²) in [7, 11) is 3.78. The molecule has 1 aliphatic heterocycles. The maximum Gasteiger partial charge on any atom is 0.418 e. The molecular formula is C54H59F3N6O7. The number of alkyl halides is 3. The van der Waals surface area contributed by atoms with Crippen LogP contribution in [0.15, 0.2) is 118 Å². The highest BCUT2D eigenvalue weighted by atomic mass is 19.4. The first-order valence-electron chi connectivity index (χ1n) is 23.4. The van der Waals surface area contributed by atoms with Gasteiger partial charge in [-0.05, 0) is 128 Å². The Kier molecular flexibility index (Phi) is 17.3. The smallest absolute Gasteiger partial charge is 0.418 e. The van der Waals surface area contributed by atoms with Crippen LogP contribution in [0.3, 0.4) is 0 Å². The predicted octanol–water partition coefficient (Wildman–Crippen LogP) is 11.4. The molecule has 0 saturated carbocycles. The van der Waals surface area contributed by atoms with Crippen molar-refractivity contribution >= 4 is 11.7 Å². The van der Waals surface area contributed by atoms with E-state index in [2.05, 4.69) is 83.6 Å². The standard InChI is InChI=1S/C30H35N3O3.C24H24F3N3O4/c1-5-22(19-34)17-33(3)18-23-10-8-11-24(15-23)29-31-30(36-32-29)25-13-14-28(26(16-25)20-35-4)27-12-7-6-9-21(27)2;1-15-5-2-3-10-30(15)20-9-8-18(12-19(20)24(25,26)27)23-28-22(29-34-23)17-7-4-6-16(11-17)13-33-14-21(31)32/h6-16,22,34H,5,17-20H2,1-4H3;4,6-9,11-12,15H,2-3,5,10,13-14H2,1H3,(H,31,32). The number of aliphatic hydroxyl groups excluding tert-OH is 1. The molecule has 1 aliphatic rings. The van der Waals surface area contributed by atoms with Crippen LogP contribution in [0, 0.1) is 12.8 Å². The summed E-state index contributed by atoms with van der Waals surface area (Å²) in [5.74, 6) is 0.447. The first-order valence-corrected chi connectivity index (χ1v) is 23.4. The number of benzene rings is 5. The molecule has 2 atom stereocenters. The molecule has 5 aromatic carbocycles. The molecule has 7 aromatic rings. The first kappa shape index (κ1) is 51.1. The second kappa shape index (κ2) is 23.7. The zero-order chi connectivity index (χ0) is 49.8. The van der Waals surface area contributed by atoms with Crippen molar-refractivity contribution < 1.29 is 46.7 Å². The average molecular weight is 961 g/mol. The molecule has 1 saturated heterocycles. The zero-order valence-corrected chi connectivity index (χ0v) is 40.1. The number of carbonyl (C=O) groups is 1. The summed E-state index contributed by atoms with van der Waals surface area (Å²) in [5, 5.41) is 26.4. The Hall–Kier alpha value is -6.72. The number of carboxylic acids is 1. The largest absolute Gasteiger partial charge is 0.480 e. The minimum Gasteiger partial charge on any atom is -0.480 e. The number of rotatable bonds is 18. The summed E-state index contributed by atoms with van der Waals surface area (Å²) in [4.78, 5) is 23.6. The van der Waals surface area contributed by atoms with Gasteiger partial charge in [-0.25, -0.2) is 4.79 Å². The van der Waals surface area contributed by atoms with Crippen LogP contribution in [-0.4, -0.2) is 87.9 Å². The lowest BCUT2D eigenvalue weighted by Crippen LogP contribution is -2.38. The molecule has 13 nitrogen and oxygen atoms in total. The number of aryl methyl sites for hydroxylation is 1. The third kappa shape index (κ3) is 13.1. The SMILES string of the molecule is CC1CCCCN1c1ccc(-c2nc(-c3cccc(COCC(=O)O)c3)no2)cc1C(F)(F)F.CCC(CO)CN(C)Cc1cccc(-c2noc(-c3ccc(-c4ccccc4C)c(COC)c3)n2)c1. The van der Waals surface area contributed by atoms with Gasteiger partial charge >= 0.3 is 12.1 Å². The van der Waals surface area contributed by atoms with Crippen molar-refractivity contribution in [2.75, 3.05) is 45.4 Å². The van der Waals surface area contributed by atoms with E-state index in [0.717, 1.165) is 67.1 Å². The van der Waals surface area contributed by atoms with E-state index >= 15 is 0 Å². The van der Waals surface area contributed by atoms with E-state index in [4.69, 9.17) is 28.6 Å². The number of aliphatic carboxylic acids is 1. The Bertz CT molecular complexity index is 2830. The number of aliphatic hydroxyl groups is 1. The molecule has 0 amide bonds. The minimum absolute atomic E-state index is 0.0220. The van der Waals surface area contributed by atoms with E-state index in [1.165, 1.54) is 22.8 Å². The van der Waals surface area contributed by atoms with Gasteiger partial charge in [0, 0.05) is 67.3 Å². The fourth-order valence-corrected chi connectivity index (χ4v) is 8.66. The van der Waals surface area contributed by atoms with Gasteiger partial charge in [0.05, 0.1) is 18.8 Å². The van der Waals surface area contributed by atoms with Crippen LogP contribution < -0.4 is 4.90 Å². The van der Waals surface area contributed by atoms with Gasteiger partial charge in [0.1, 0.15) is 6.61 Å². The number of ether oxygens (including phenoxy) is 2. The molecule has 0 bridgehead atoms. The van der Waals surface area contributed by atoms with Gasteiger partial charge in [0.15, 0.2) is 0 Å². The number of aromatic nitrogens is 4. The molecule has 1 fully saturated rings. The van der Waals surface area contributed by atoms with E-state index in [1.807, 2.05) is 36.1 Å². The van der Waals surface area contributed by atoms with Crippen LogP contribution >= 0.6 is 0 Å². The molecule has 0 aliphatic carbocycles. The fraction of sp³-hybridized carbons (Fsp3) is 0.352. The lowest BCUT2D eigenvalue weighted by molar-refractivity contribution is -0.142. The summed E-state index contributed by atoms with van der Waals surface area (Å²) in [6, 6.07) is 33.8. The summed E-state index contributed by atoms with van der Waals surface area (Å²) >= 11 is 0. The van der Waals surface area contributed by atoms with Crippen molar-refractivity contribution in [2.45, 2.75) is 78.4 Å². The van der Waals surface area contributed by atoms with Gasteiger partial charge in [-0.3, -0.25) is 0 Å². The highest BCUT2D eigenvalue weighted by Gasteiger charge is 2.37. The molecule has 368 valence electrons. The van der Waals surface area contributed by atoms with Gasteiger partial charge in [-0.15, -0.1) is 0 Å². The topological polar surface area (TPSA) is 160 Å². The summed E-state index contributed by atoms with van der Waals surface area (Å²) in [6.07, 6.45) is -0.849. The third-order valence-electron chi connectivity index (χ3n) is 12.3. The van der Waals surface area contributed by atoms with E-state index in [1.54, 1.807) is 37.4 Å². The lowest BCUT2D eigenvalue weighted by Gasteiger charge is -2.37. The van der Waals surface area contributed by atoms with Crippen molar-refractivity contribution in [3.05, 3.63) is 137 Å². The molecule has 2 unspecified atom stereocenters. The predicted molar refractivity (Wildman–Crippen MR) is 261 cm³/mol. The van der Waals surface area contributed by atoms with Crippen LogP contribution in [0.2, 0.25) is 0 Å². The highest BCUT2D eigenvalue weighted by molar-refractivity contribution is 5.74. The monoisotopic (exact) mass is 960 g/mol. The van der Waals surface area contributed by atoms with Crippen LogP contribution in [0.4, 0.5) is 18.9 Å². The highest BCUT2D eigenvalue weighted by Crippen LogP contribution is 2.41. The number of carboxylic acid groups (broad SMARTS) is 1. The molecule has 8 rings (SSSR count). The molecule has 2 N–H and O–H groups in total. The number of methoxy groups -OCH3 is 1. The summed E-state index contributed by atoms with van der Waals surface area (Å²) in [6.45, 7) is 8.75. The van der Waals surface area contributed by atoms with E-state index in [0.29, 0.717) is 36.0 Å². The van der Waals surface area contributed by atoms with Crippen molar-refractivity contribution in [3.8, 4) is 56.8 Å². The normalized spacial score (nSPS) is 14.4. The second-order valence-corrected chi connectivity index (χ2v) is 17.7. The summed E-state index contributed by atoms with van der Waals surface area (Å²) < 4.78 is 63.4. The Morgan fingerprint density at radius 2 is 1.49 bits per heavy atom. The number of halogens is 3. The molecule has 70 heavy (non-hydrogen) atoms. The quantitative estimate of drug-likeness (QED) is 0.0837. The number of hydrogen-bond acceptors (Lipinski definition) is 12. The van der Waals surface area contributed by atoms with Crippen LogP contribution in [0.25, 0.3) is 56.8 Å². The summed E-state index contributed by atoms with van der Waals surface area (Å²) in [5.41, 5.74) is 8.45. The second-order valence-electron chi connectivity index (χ2n) is 17.7. The number of piperidine rings is 1. The van der Waals surface area contributed by atoms with Crippen LogP contribution in [-0.2, 0) is 40.2 Å². The van der Waals surface area contributed by atoms with Gasteiger partial charge in [-0.2, -0.15) is 23.1 Å². The maximum absolute atomic E-state index is 14.0. The van der Waals surface area contributed by atoms with Crippen LogP contribution in [0.5, 0.6) is 0 Å². The van der Waals surface area contributed by atoms with E-state index in [-0.39, 0.29) is 48.1 Å². The minimum atomic E-state index is -4.53. The zero-order valence-electron chi connectivity index (χ0n) is 40.1. The number of hydrogen-bond donors (Lipinski definition) is 2. The number of anilines is 1. The van der Waals surface area contributed by atoms with Crippen molar-refractivity contribution in [3.63, 3.8) is 0 Å². The van der Waals surface area contributed by atoms with Gasteiger partial charge in [0.25, 0.3) is 11.8 Å². The average Bonchev–Trinajstić information content (AvgIpc) is 4.06. The molecule has 16 heteroatoms. The van der Waals surface area contributed by atoms with Gasteiger partial charge in [0.2, 0.25) is 11.6 Å². The van der Waals surface area contributed by atoms with Crippen molar-refractivity contribution in [1.82, 2.24) is 25.2 Å². The number of nitrogens with zero attached hydrogens (tertiary/aromatic N) is 6. The Morgan fingerprint density at radius 3 is 2.11 bits per heavy atom. The maximum atomic E-state index is 14.0. The molecule has 0 radical (unpaired) electrons. The van der Waals surface area contributed by atoms with Gasteiger partial charge < -0.3 is 38.5 Å². The first-order chi connectivity index (χ1) is 33.7. The molecule has 0 spiro atoms. The van der Waals surface area contributed by atoms with Crippen molar-refractivity contribution in [2.24, 2.45) is 5.92 Å². The molecule has 2 aromatic heterocycles. The van der Waals surface area contributed by atoms with E-state index in [9.17, 15) is 23.1 Å². The third-order valence-corrected chi connectivity index (χ3v) is 12.3. The Labute approximate surface area is 405 Å². The molecule has 3 heterocycles. The molecular weight excluding hydrogens is 902 g/mol. The van der Waals surface area contributed by atoms with Gasteiger partial charge in [-0.1, -0.05) is 84.0 Å². The fourth-order valence-electron chi connectivity index (χ4n) is 8.66. The lowest BCUT2D eigenvalue weighted by atomic mass is 9.94. The van der Waals surface area contributed by atoms with Crippen molar-refractivity contribution in [1.29, 1.82) is 0 Å².